The number of benzene rings is 1. The van der Waals surface area contributed by atoms with Crippen LogP contribution in [0.4, 0.5) is 0 Å². The molecule has 0 amide bonds. The average Bonchev–Trinajstić information content (AvgIpc) is 2.37. The number of aryl methyl sites for hydroxylation is 1. The minimum absolute atomic E-state index is 0.0993. The third-order valence-corrected chi connectivity index (χ3v) is 3.09. The lowest BCUT2D eigenvalue weighted by atomic mass is 10.1. The molecule has 1 aromatic carbocycles. The van der Waals surface area contributed by atoms with E-state index in [9.17, 15) is 0 Å². The van der Waals surface area contributed by atoms with Crippen molar-refractivity contribution in [3.8, 4) is 5.75 Å². The molecule has 0 heterocycles. The first-order valence-electron chi connectivity index (χ1n) is 7.50. The normalized spacial score (nSPS) is 11.7. The topological polar surface area (TPSA) is 41.5 Å². The standard InChI is InChI=1S/C17H29NO2/c1-14-8-9-16(20-11-7-5-6-10-19)15(12-14)13-18-17(2,3)4/h8-9,12,18-19H,5-7,10-11,13H2,1-4H3. The zero-order valence-corrected chi connectivity index (χ0v) is 13.3. The molecular weight excluding hydrogens is 250 g/mol. The van der Waals surface area contributed by atoms with Gasteiger partial charge in [0.25, 0.3) is 0 Å². The molecule has 0 aromatic heterocycles. The number of aliphatic hydroxyl groups excluding tert-OH is 1. The molecule has 0 spiro atoms. The predicted octanol–water partition coefficient (Wildman–Crippen LogP) is 3.42. The Morgan fingerprint density at radius 1 is 1.15 bits per heavy atom. The van der Waals surface area contributed by atoms with Gasteiger partial charge in [-0.15, -0.1) is 0 Å². The highest BCUT2D eigenvalue weighted by molar-refractivity contribution is 5.36. The van der Waals surface area contributed by atoms with Crippen molar-refractivity contribution < 1.29 is 9.84 Å². The predicted molar refractivity (Wildman–Crippen MR) is 84.2 cm³/mol. The fourth-order valence-electron chi connectivity index (χ4n) is 1.92. The highest BCUT2D eigenvalue weighted by Crippen LogP contribution is 2.21. The minimum atomic E-state index is 0.0993. The first-order chi connectivity index (χ1) is 9.42. The molecule has 1 aromatic rings. The highest BCUT2D eigenvalue weighted by atomic mass is 16.5. The van der Waals surface area contributed by atoms with E-state index in [-0.39, 0.29) is 12.1 Å². The van der Waals surface area contributed by atoms with Crippen molar-refractivity contribution in [2.75, 3.05) is 13.2 Å². The molecule has 0 aliphatic carbocycles. The Kier molecular flexibility index (Phi) is 7.03. The lowest BCUT2D eigenvalue weighted by Crippen LogP contribution is -2.35. The van der Waals surface area contributed by atoms with Gasteiger partial charge in [-0.2, -0.15) is 0 Å². The maximum absolute atomic E-state index is 8.75. The van der Waals surface area contributed by atoms with Crippen LogP contribution in [0.15, 0.2) is 18.2 Å². The number of unbranched alkanes of at least 4 members (excludes halogenated alkanes) is 2. The molecule has 0 unspecified atom stereocenters. The second kappa shape index (κ2) is 8.28. The van der Waals surface area contributed by atoms with Gasteiger partial charge in [-0.3, -0.25) is 0 Å². The third kappa shape index (κ3) is 6.92. The molecule has 114 valence electrons. The van der Waals surface area contributed by atoms with E-state index in [1.807, 2.05) is 0 Å². The van der Waals surface area contributed by atoms with E-state index in [4.69, 9.17) is 9.84 Å². The molecule has 3 nitrogen and oxygen atoms in total. The van der Waals surface area contributed by atoms with E-state index >= 15 is 0 Å². The van der Waals surface area contributed by atoms with Gasteiger partial charge >= 0.3 is 0 Å². The lowest BCUT2D eigenvalue weighted by molar-refractivity contribution is 0.264. The van der Waals surface area contributed by atoms with E-state index in [1.165, 1.54) is 11.1 Å². The van der Waals surface area contributed by atoms with Gasteiger partial charge in [-0.1, -0.05) is 17.7 Å². The van der Waals surface area contributed by atoms with Gasteiger partial charge in [-0.05, 0) is 53.0 Å². The molecule has 0 aliphatic rings. The van der Waals surface area contributed by atoms with Crippen LogP contribution in [-0.2, 0) is 6.54 Å². The monoisotopic (exact) mass is 279 g/mol. The van der Waals surface area contributed by atoms with Crippen molar-refractivity contribution in [2.45, 2.75) is 59.0 Å². The van der Waals surface area contributed by atoms with Crippen molar-refractivity contribution in [2.24, 2.45) is 0 Å². The van der Waals surface area contributed by atoms with Crippen LogP contribution in [0.2, 0.25) is 0 Å². The SMILES string of the molecule is Cc1ccc(OCCCCCO)c(CNC(C)(C)C)c1. The Balaban J connectivity index is 2.56. The van der Waals surface area contributed by atoms with Crippen LogP contribution in [0, 0.1) is 6.92 Å². The van der Waals surface area contributed by atoms with Gasteiger partial charge in [0.15, 0.2) is 0 Å². The van der Waals surface area contributed by atoms with Crippen LogP contribution >= 0.6 is 0 Å². The first-order valence-corrected chi connectivity index (χ1v) is 7.50. The number of hydrogen-bond acceptors (Lipinski definition) is 3. The van der Waals surface area contributed by atoms with E-state index in [2.05, 4.69) is 51.2 Å². The van der Waals surface area contributed by atoms with Gasteiger partial charge in [0, 0.05) is 24.3 Å². The van der Waals surface area contributed by atoms with E-state index < -0.39 is 0 Å². The fourth-order valence-corrected chi connectivity index (χ4v) is 1.92. The first kappa shape index (κ1) is 17.0. The molecule has 2 N–H and O–H groups in total. The zero-order chi connectivity index (χ0) is 15.0. The Bertz CT molecular complexity index is 396. The highest BCUT2D eigenvalue weighted by Gasteiger charge is 2.11. The average molecular weight is 279 g/mol. The van der Waals surface area contributed by atoms with Crippen molar-refractivity contribution in [1.29, 1.82) is 0 Å². The molecule has 3 heteroatoms. The number of hydrogen-bond donors (Lipinski definition) is 2. The summed E-state index contributed by atoms with van der Waals surface area (Å²) in [6.45, 7) is 10.4. The maximum atomic E-state index is 8.75. The fraction of sp³-hybridized carbons (Fsp3) is 0.647. The van der Waals surface area contributed by atoms with E-state index in [0.717, 1.165) is 31.6 Å². The summed E-state index contributed by atoms with van der Waals surface area (Å²) in [4.78, 5) is 0. The molecule has 0 fully saturated rings. The Labute approximate surface area is 123 Å². The molecular formula is C17H29NO2. The van der Waals surface area contributed by atoms with Gasteiger partial charge in [-0.25, -0.2) is 0 Å². The summed E-state index contributed by atoms with van der Waals surface area (Å²) in [5.74, 6) is 0.969. The third-order valence-electron chi connectivity index (χ3n) is 3.09. The van der Waals surface area contributed by atoms with Crippen molar-refractivity contribution >= 4 is 0 Å². The summed E-state index contributed by atoms with van der Waals surface area (Å²) in [7, 11) is 0. The van der Waals surface area contributed by atoms with Gasteiger partial charge in [0.1, 0.15) is 5.75 Å². The molecule has 0 bridgehead atoms. The molecule has 0 saturated carbocycles. The Morgan fingerprint density at radius 2 is 1.90 bits per heavy atom. The molecule has 1 rings (SSSR count). The minimum Gasteiger partial charge on any atom is -0.493 e. The van der Waals surface area contributed by atoms with Crippen LogP contribution < -0.4 is 10.1 Å². The molecule has 0 saturated heterocycles. The summed E-state index contributed by atoms with van der Waals surface area (Å²) in [6.07, 6.45) is 2.86. The Morgan fingerprint density at radius 3 is 2.55 bits per heavy atom. The largest absolute Gasteiger partial charge is 0.493 e. The van der Waals surface area contributed by atoms with Crippen LogP contribution in [0.1, 0.15) is 51.2 Å². The van der Waals surface area contributed by atoms with E-state index in [0.29, 0.717) is 6.61 Å². The smallest absolute Gasteiger partial charge is 0.123 e. The number of nitrogens with one attached hydrogen (secondary N) is 1. The summed E-state index contributed by atoms with van der Waals surface area (Å²) in [6, 6.07) is 6.33. The molecule has 20 heavy (non-hydrogen) atoms. The molecule has 0 aliphatic heterocycles. The van der Waals surface area contributed by atoms with Gasteiger partial charge in [0.05, 0.1) is 6.61 Å². The Hall–Kier alpha value is -1.06. The summed E-state index contributed by atoms with van der Waals surface area (Å²) < 4.78 is 5.88. The van der Waals surface area contributed by atoms with Crippen LogP contribution in [-0.4, -0.2) is 23.9 Å². The molecule has 0 radical (unpaired) electrons. The number of rotatable bonds is 8. The lowest BCUT2D eigenvalue weighted by Gasteiger charge is -2.22. The van der Waals surface area contributed by atoms with Gasteiger partial charge < -0.3 is 15.2 Å². The number of ether oxygens (including phenoxy) is 1. The van der Waals surface area contributed by atoms with Gasteiger partial charge in [0.2, 0.25) is 0 Å². The second-order valence-electron chi connectivity index (χ2n) is 6.35. The summed E-state index contributed by atoms with van der Waals surface area (Å²) >= 11 is 0. The molecule has 0 atom stereocenters. The van der Waals surface area contributed by atoms with Crippen LogP contribution in [0.5, 0.6) is 5.75 Å². The van der Waals surface area contributed by atoms with E-state index in [1.54, 1.807) is 0 Å². The number of aliphatic hydroxyl groups is 1. The quantitative estimate of drug-likeness (QED) is 0.716. The van der Waals surface area contributed by atoms with Crippen molar-refractivity contribution in [3.05, 3.63) is 29.3 Å². The second-order valence-corrected chi connectivity index (χ2v) is 6.35. The van der Waals surface area contributed by atoms with Crippen molar-refractivity contribution in [3.63, 3.8) is 0 Å². The van der Waals surface area contributed by atoms with Crippen LogP contribution in [0.25, 0.3) is 0 Å². The van der Waals surface area contributed by atoms with Crippen molar-refractivity contribution in [1.82, 2.24) is 5.32 Å². The van der Waals surface area contributed by atoms with Crippen LogP contribution in [0.3, 0.4) is 0 Å². The zero-order valence-electron chi connectivity index (χ0n) is 13.3. The summed E-state index contributed by atoms with van der Waals surface area (Å²) in [5.41, 5.74) is 2.56. The maximum Gasteiger partial charge on any atom is 0.123 e. The summed E-state index contributed by atoms with van der Waals surface area (Å²) in [5, 5.41) is 12.3.